The molecule has 0 heterocycles. The standard InChI is InChI=1S/C24H38O/c1-3-5-20-25-24-18-16-23(17-19-24)11-9-7-6-8-10-22-14-12-21(4-2)13-15-22/h8-11,21-24H,3-5,12-20H2,1-2H3/t21-,22-,23-,24-. The van der Waals surface area contributed by atoms with Gasteiger partial charge in [0.05, 0.1) is 6.10 Å². The van der Waals surface area contributed by atoms with Crippen LogP contribution in [-0.4, -0.2) is 12.7 Å². The van der Waals surface area contributed by atoms with Crippen molar-refractivity contribution in [2.24, 2.45) is 17.8 Å². The Balaban J connectivity index is 1.59. The van der Waals surface area contributed by atoms with Gasteiger partial charge < -0.3 is 4.74 Å². The smallest absolute Gasteiger partial charge is 0.0575 e. The zero-order valence-electron chi connectivity index (χ0n) is 16.5. The Morgan fingerprint density at radius 3 is 1.88 bits per heavy atom. The molecule has 0 atom stereocenters. The summed E-state index contributed by atoms with van der Waals surface area (Å²) in [5.41, 5.74) is 0. The van der Waals surface area contributed by atoms with Gasteiger partial charge in [0, 0.05) is 6.61 Å². The van der Waals surface area contributed by atoms with Crippen LogP contribution < -0.4 is 0 Å². The zero-order chi connectivity index (χ0) is 17.7. The molecule has 25 heavy (non-hydrogen) atoms. The molecular weight excluding hydrogens is 304 g/mol. The molecular formula is C24H38O. The second-order valence-electron chi connectivity index (χ2n) is 7.96. The van der Waals surface area contributed by atoms with Crippen molar-refractivity contribution in [3.63, 3.8) is 0 Å². The normalized spacial score (nSPS) is 30.5. The van der Waals surface area contributed by atoms with Gasteiger partial charge in [0.2, 0.25) is 0 Å². The number of unbranched alkanes of at least 4 members (excludes halogenated alkanes) is 1. The van der Waals surface area contributed by atoms with Gasteiger partial charge in [-0.1, -0.05) is 50.7 Å². The third-order valence-electron chi connectivity index (χ3n) is 6.03. The molecule has 0 saturated heterocycles. The van der Waals surface area contributed by atoms with Gasteiger partial charge in [0.15, 0.2) is 0 Å². The summed E-state index contributed by atoms with van der Waals surface area (Å²) in [5.74, 6) is 8.84. The van der Waals surface area contributed by atoms with Crippen molar-refractivity contribution in [3.8, 4) is 11.8 Å². The van der Waals surface area contributed by atoms with Crippen molar-refractivity contribution >= 4 is 0 Å². The maximum atomic E-state index is 5.94. The summed E-state index contributed by atoms with van der Waals surface area (Å²) in [6.07, 6.45) is 23.6. The first kappa shape index (κ1) is 20.3. The molecule has 0 radical (unpaired) electrons. The summed E-state index contributed by atoms with van der Waals surface area (Å²) in [4.78, 5) is 0. The number of ether oxygens (including phenoxy) is 1. The van der Waals surface area contributed by atoms with E-state index in [9.17, 15) is 0 Å². The van der Waals surface area contributed by atoms with Crippen molar-refractivity contribution in [2.45, 2.75) is 90.6 Å². The number of hydrogen-bond acceptors (Lipinski definition) is 1. The Bertz CT molecular complexity index is 448. The average molecular weight is 343 g/mol. The number of hydrogen-bond donors (Lipinski definition) is 0. The Hall–Kier alpha value is -1.00. The van der Waals surface area contributed by atoms with Crippen LogP contribution in [0.3, 0.4) is 0 Å². The van der Waals surface area contributed by atoms with Crippen LogP contribution in [0.4, 0.5) is 0 Å². The van der Waals surface area contributed by atoms with Gasteiger partial charge >= 0.3 is 0 Å². The lowest BCUT2D eigenvalue weighted by Crippen LogP contribution is -2.21. The zero-order valence-corrected chi connectivity index (χ0v) is 16.5. The second-order valence-corrected chi connectivity index (χ2v) is 7.96. The predicted molar refractivity (Wildman–Crippen MR) is 108 cm³/mol. The summed E-state index contributed by atoms with van der Waals surface area (Å²) in [6, 6.07) is 0. The van der Waals surface area contributed by atoms with Gasteiger partial charge in [0.25, 0.3) is 0 Å². The van der Waals surface area contributed by atoms with E-state index < -0.39 is 0 Å². The highest BCUT2D eigenvalue weighted by molar-refractivity contribution is 5.24. The highest BCUT2D eigenvalue weighted by Crippen LogP contribution is 2.31. The Kier molecular flexibility index (Phi) is 10.1. The molecule has 1 heteroatoms. The predicted octanol–water partition coefficient (Wildman–Crippen LogP) is 6.69. The molecule has 1 nitrogen and oxygen atoms in total. The quantitative estimate of drug-likeness (QED) is 0.370. The first-order valence-electron chi connectivity index (χ1n) is 10.8. The molecule has 0 unspecified atom stereocenters. The monoisotopic (exact) mass is 342 g/mol. The van der Waals surface area contributed by atoms with Gasteiger partial charge in [-0.3, -0.25) is 0 Å². The molecule has 140 valence electrons. The summed E-state index contributed by atoms with van der Waals surface area (Å²) in [7, 11) is 0. The summed E-state index contributed by atoms with van der Waals surface area (Å²) in [5, 5.41) is 0. The van der Waals surface area contributed by atoms with E-state index >= 15 is 0 Å². The minimum atomic E-state index is 0.507. The first-order valence-corrected chi connectivity index (χ1v) is 10.8. The van der Waals surface area contributed by atoms with E-state index in [1.165, 1.54) is 70.6 Å². The minimum absolute atomic E-state index is 0.507. The van der Waals surface area contributed by atoms with Crippen LogP contribution in [0.25, 0.3) is 0 Å². The number of allylic oxidation sites excluding steroid dienone is 4. The maximum absolute atomic E-state index is 5.94. The molecule has 2 fully saturated rings. The largest absolute Gasteiger partial charge is 0.378 e. The SMILES string of the molecule is CCCCO[C@H]1CC[C@H](C=CC#CC=C[C@H]2CC[C@H](CC)CC2)CC1. The lowest BCUT2D eigenvalue weighted by molar-refractivity contribution is 0.0209. The molecule has 0 amide bonds. The van der Waals surface area contributed by atoms with E-state index in [1.807, 2.05) is 0 Å². The van der Waals surface area contributed by atoms with E-state index in [2.05, 4.69) is 50.0 Å². The van der Waals surface area contributed by atoms with Crippen LogP contribution in [0.5, 0.6) is 0 Å². The highest BCUT2D eigenvalue weighted by atomic mass is 16.5. The topological polar surface area (TPSA) is 9.23 Å². The van der Waals surface area contributed by atoms with Gasteiger partial charge in [-0.05, 0) is 87.7 Å². The molecule has 0 spiro atoms. The van der Waals surface area contributed by atoms with E-state index in [0.717, 1.165) is 18.4 Å². The molecule has 2 aliphatic rings. The van der Waals surface area contributed by atoms with E-state index in [1.54, 1.807) is 0 Å². The van der Waals surface area contributed by atoms with E-state index in [0.29, 0.717) is 12.0 Å². The van der Waals surface area contributed by atoms with Crippen molar-refractivity contribution < 1.29 is 4.74 Å². The van der Waals surface area contributed by atoms with Crippen LogP contribution in [0.2, 0.25) is 0 Å². The third kappa shape index (κ3) is 8.28. The third-order valence-corrected chi connectivity index (χ3v) is 6.03. The van der Waals surface area contributed by atoms with Crippen LogP contribution >= 0.6 is 0 Å². The average Bonchev–Trinajstić information content (AvgIpc) is 2.66. The van der Waals surface area contributed by atoms with Crippen molar-refractivity contribution in [1.29, 1.82) is 0 Å². The Morgan fingerprint density at radius 1 is 0.800 bits per heavy atom. The van der Waals surface area contributed by atoms with Crippen LogP contribution in [0.15, 0.2) is 24.3 Å². The molecule has 0 aromatic heterocycles. The fraction of sp³-hybridized carbons (Fsp3) is 0.750. The molecule has 2 rings (SSSR count). The van der Waals surface area contributed by atoms with Crippen molar-refractivity contribution in [3.05, 3.63) is 24.3 Å². The molecule has 2 saturated carbocycles. The van der Waals surface area contributed by atoms with Gasteiger partial charge in [-0.25, -0.2) is 0 Å². The Labute approximate surface area is 156 Å². The summed E-state index contributed by atoms with van der Waals surface area (Å²) in [6.45, 7) is 5.49. The lowest BCUT2D eigenvalue weighted by atomic mass is 9.81. The second kappa shape index (κ2) is 12.4. The molecule has 2 aliphatic carbocycles. The van der Waals surface area contributed by atoms with Crippen LogP contribution in [-0.2, 0) is 4.74 Å². The van der Waals surface area contributed by atoms with Gasteiger partial charge in [0.1, 0.15) is 0 Å². The molecule has 0 aromatic rings. The van der Waals surface area contributed by atoms with Crippen LogP contribution in [0, 0.1) is 29.6 Å². The van der Waals surface area contributed by atoms with Gasteiger partial charge in [-0.15, -0.1) is 0 Å². The molecule has 0 bridgehead atoms. The summed E-state index contributed by atoms with van der Waals surface area (Å²) < 4.78 is 5.94. The fourth-order valence-electron chi connectivity index (χ4n) is 4.10. The number of rotatable bonds is 7. The molecule has 0 aromatic carbocycles. The van der Waals surface area contributed by atoms with Crippen molar-refractivity contribution in [1.82, 2.24) is 0 Å². The van der Waals surface area contributed by atoms with Gasteiger partial charge in [-0.2, -0.15) is 0 Å². The van der Waals surface area contributed by atoms with Crippen molar-refractivity contribution in [2.75, 3.05) is 6.61 Å². The van der Waals surface area contributed by atoms with E-state index in [4.69, 9.17) is 4.74 Å². The van der Waals surface area contributed by atoms with Crippen LogP contribution in [0.1, 0.15) is 84.5 Å². The summed E-state index contributed by atoms with van der Waals surface area (Å²) >= 11 is 0. The highest BCUT2D eigenvalue weighted by Gasteiger charge is 2.19. The maximum Gasteiger partial charge on any atom is 0.0575 e. The minimum Gasteiger partial charge on any atom is -0.378 e. The first-order chi connectivity index (χ1) is 12.3. The fourth-order valence-corrected chi connectivity index (χ4v) is 4.10. The molecule has 0 N–H and O–H groups in total. The Morgan fingerprint density at radius 2 is 1.36 bits per heavy atom. The van der Waals surface area contributed by atoms with E-state index in [-0.39, 0.29) is 0 Å². The lowest BCUT2D eigenvalue weighted by Gasteiger charge is -2.26. The molecule has 0 aliphatic heterocycles.